The number of halogens is 1. The highest BCUT2D eigenvalue weighted by Gasteiger charge is 2.16. The lowest BCUT2D eigenvalue weighted by Crippen LogP contribution is -2.40. The van der Waals surface area contributed by atoms with E-state index in [1.807, 2.05) is 13.8 Å². The number of aryl methyl sites for hydroxylation is 1. The summed E-state index contributed by atoms with van der Waals surface area (Å²) in [6.07, 6.45) is 1.42. The third kappa shape index (κ3) is 3.47. The first-order chi connectivity index (χ1) is 11.0. The maximum atomic E-state index is 12.5. The van der Waals surface area contributed by atoms with Crippen molar-refractivity contribution in [1.82, 2.24) is 24.4 Å². The SMILES string of the molecule is CCCn1c(=O)c2[nH]c(CNC(=O)CCl)nc2n(CCC)c1=O. The van der Waals surface area contributed by atoms with Gasteiger partial charge < -0.3 is 10.3 Å². The van der Waals surface area contributed by atoms with E-state index in [1.54, 1.807) is 0 Å². The molecule has 126 valence electrons. The van der Waals surface area contributed by atoms with E-state index in [9.17, 15) is 14.4 Å². The molecule has 8 nitrogen and oxygen atoms in total. The first-order valence-corrected chi connectivity index (χ1v) is 8.11. The molecule has 2 N–H and O–H groups in total. The Morgan fingerprint density at radius 3 is 2.48 bits per heavy atom. The van der Waals surface area contributed by atoms with Crippen LogP contribution in [0.4, 0.5) is 0 Å². The molecule has 0 aliphatic rings. The molecule has 2 aromatic heterocycles. The first kappa shape index (κ1) is 17.3. The van der Waals surface area contributed by atoms with Crippen molar-refractivity contribution < 1.29 is 4.79 Å². The fourth-order valence-electron chi connectivity index (χ4n) is 2.37. The number of carbonyl (C=O) groups excluding carboxylic acids is 1. The summed E-state index contributed by atoms with van der Waals surface area (Å²) in [5.74, 6) is -0.0695. The highest BCUT2D eigenvalue weighted by molar-refractivity contribution is 6.27. The molecule has 0 spiro atoms. The third-order valence-electron chi connectivity index (χ3n) is 3.38. The zero-order chi connectivity index (χ0) is 17.0. The quantitative estimate of drug-likeness (QED) is 0.718. The van der Waals surface area contributed by atoms with Gasteiger partial charge in [-0.2, -0.15) is 0 Å². The van der Waals surface area contributed by atoms with Crippen LogP contribution in [0.2, 0.25) is 0 Å². The molecule has 23 heavy (non-hydrogen) atoms. The number of fused-ring (bicyclic) bond motifs is 1. The number of nitrogens with zero attached hydrogens (tertiary/aromatic N) is 3. The van der Waals surface area contributed by atoms with Crippen LogP contribution in [-0.4, -0.2) is 30.9 Å². The number of aromatic amines is 1. The molecule has 0 unspecified atom stereocenters. The van der Waals surface area contributed by atoms with Gasteiger partial charge in [-0.05, 0) is 12.8 Å². The molecule has 2 rings (SSSR count). The van der Waals surface area contributed by atoms with Gasteiger partial charge in [0.25, 0.3) is 5.56 Å². The first-order valence-electron chi connectivity index (χ1n) is 7.58. The van der Waals surface area contributed by atoms with Crippen molar-refractivity contribution in [2.24, 2.45) is 0 Å². The lowest BCUT2D eigenvalue weighted by molar-refractivity contribution is -0.118. The maximum Gasteiger partial charge on any atom is 0.332 e. The Labute approximate surface area is 137 Å². The Balaban J connectivity index is 2.56. The van der Waals surface area contributed by atoms with Crippen LogP contribution in [0.1, 0.15) is 32.5 Å². The van der Waals surface area contributed by atoms with E-state index in [1.165, 1.54) is 9.13 Å². The van der Waals surface area contributed by atoms with Crippen LogP contribution in [0.25, 0.3) is 11.2 Å². The predicted molar refractivity (Wildman–Crippen MR) is 87.8 cm³/mol. The Bertz CT molecular complexity index is 820. The molecular weight excluding hydrogens is 322 g/mol. The fraction of sp³-hybridized carbons (Fsp3) is 0.571. The topological polar surface area (TPSA) is 102 Å². The van der Waals surface area contributed by atoms with Crippen LogP contribution < -0.4 is 16.6 Å². The summed E-state index contributed by atoms with van der Waals surface area (Å²) in [7, 11) is 0. The number of imidazole rings is 1. The van der Waals surface area contributed by atoms with Crippen LogP contribution in [0, 0.1) is 0 Å². The minimum Gasteiger partial charge on any atom is -0.348 e. The van der Waals surface area contributed by atoms with E-state index in [0.29, 0.717) is 31.0 Å². The summed E-state index contributed by atoms with van der Waals surface area (Å²) in [5, 5.41) is 2.57. The summed E-state index contributed by atoms with van der Waals surface area (Å²) < 4.78 is 2.72. The number of carbonyl (C=O) groups is 1. The van der Waals surface area contributed by atoms with Gasteiger partial charge in [0.05, 0.1) is 6.54 Å². The molecule has 0 atom stereocenters. The van der Waals surface area contributed by atoms with Gasteiger partial charge in [-0.3, -0.25) is 18.7 Å². The Morgan fingerprint density at radius 1 is 1.22 bits per heavy atom. The van der Waals surface area contributed by atoms with Crippen LogP contribution in [0.3, 0.4) is 0 Å². The van der Waals surface area contributed by atoms with Crippen molar-refractivity contribution in [1.29, 1.82) is 0 Å². The second kappa shape index (κ2) is 7.45. The maximum absolute atomic E-state index is 12.5. The molecule has 0 saturated carbocycles. The van der Waals surface area contributed by atoms with Crippen molar-refractivity contribution in [3.8, 4) is 0 Å². The molecule has 1 amide bonds. The predicted octanol–water partition coefficient (Wildman–Crippen LogP) is 0.561. The number of H-pyrrole nitrogens is 1. The number of rotatable bonds is 7. The van der Waals surface area contributed by atoms with Crippen molar-refractivity contribution in [2.75, 3.05) is 5.88 Å². The number of amides is 1. The van der Waals surface area contributed by atoms with Gasteiger partial charge in [0.1, 0.15) is 17.2 Å². The second-order valence-electron chi connectivity index (χ2n) is 5.18. The standard InChI is InChI=1S/C14H20ClN5O3/c1-3-5-19-12-11(13(22)20(6-4-2)14(19)23)17-9(18-12)8-16-10(21)7-15/h3-8H2,1-2H3,(H,16,21)(H,17,18). The smallest absolute Gasteiger partial charge is 0.332 e. The summed E-state index contributed by atoms with van der Waals surface area (Å²) in [5.41, 5.74) is -0.137. The Hall–Kier alpha value is -2.09. The van der Waals surface area contributed by atoms with Gasteiger partial charge in [0, 0.05) is 13.1 Å². The van der Waals surface area contributed by atoms with E-state index < -0.39 is 0 Å². The van der Waals surface area contributed by atoms with Crippen LogP contribution in [0.15, 0.2) is 9.59 Å². The lowest BCUT2D eigenvalue weighted by Gasteiger charge is -2.09. The second-order valence-corrected chi connectivity index (χ2v) is 5.45. The monoisotopic (exact) mass is 341 g/mol. The molecular formula is C14H20ClN5O3. The van der Waals surface area contributed by atoms with Crippen molar-refractivity contribution in [2.45, 2.75) is 46.3 Å². The Kier molecular flexibility index (Phi) is 5.59. The van der Waals surface area contributed by atoms with Crippen LogP contribution >= 0.6 is 11.6 Å². The highest BCUT2D eigenvalue weighted by atomic mass is 35.5. The number of nitrogens with one attached hydrogen (secondary N) is 2. The fourth-order valence-corrected chi connectivity index (χ4v) is 2.47. The van der Waals surface area contributed by atoms with E-state index >= 15 is 0 Å². The summed E-state index contributed by atoms with van der Waals surface area (Å²) in [4.78, 5) is 43.4. The average molecular weight is 342 g/mol. The van der Waals surface area contributed by atoms with Crippen molar-refractivity contribution in [3.05, 3.63) is 26.7 Å². The average Bonchev–Trinajstić information content (AvgIpc) is 2.97. The Morgan fingerprint density at radius 2 is 1.87 bits per heavy atom. The number of alkyl halides is 1. The molecule has 9 heteroatoms. The molecule has 2 heterocycles. The molecule has 0 saturated heterocycles. The van der Waals surface area contributed by atoms with Gasteiger partial charge in [0.2, 0.25) is 5.91 Å². The largest absolute Gasteiger partial charge is 0.348 e. The van der Waals surface area contributed by atoms with Gasteiger partial charge in [-0.1, -0.05) is 13.8 Å². The summed E-state index contributed by atoms with van der Waals surface area (Å²) in [6.45, 7) is 4.79. The number of hydrogen-bond donors (Lipinski definition) is 2. The minimum atomic E-state index is -0.387. The van der Waals surface area contributed by atoms with Gasteiger partial charge in [0.15, 0.2) is 5.65 Å². The van der Waals surface area contributed by atoms with E-state index in [2.05, 4.69) is 15.3 Å². The summed E-state index contributed by atoms with van der Waals surface area (Å²) >= 11 is 5.42. The highest BCUT2D eigenvalue weighted by Crippen LogP contribution is 2.06. The van der Waals surface area contributed by atoms with Crippen molar-refractivity contribution >= 4 is 28.7 Å². The van der Waals surface area contributed by atoms with E-state index in [4.69, 9.17) is 11.6 Å². The molecule has 0 aromatic carbocycles. The van der Waals surface area contributed by atoms with Gasteiger partial charge >= 0.3 is 5.69 Å². The molecule has 2 aromatic rings. The molecule has 0 fully saturated rings. The molecule has 0 bridgehead atoms. The van der Waals surface area contributed by atoms with Gasteiger partial charge in [-0.15, -0.1) is 11.6 Å². The van der Waals surface area contributed by atoms with E-state index in [-0.39, 0.29) is 35.1 Å². The molecule has 0 aliphatic carbocycles. The zero-order valence-corrected chi connectivity index (χ0v) is 13.9. The van der Waals surface area contributed by atoms with Crippen molar-refractivity contribution in [3.63, 3.8) is 0 Å². The lowest BCUT2D eigenvalue weighted by atomic mass is 10.4. The molecule has 0 aliphatic heterocycles. The zero-order valence-electron chi connectivity index (χ0n) is 13.2. The molecule has 0 radical (unpaired) electrons. The van der Waals surface area contributed by atoms with Gasteiger partial charge in [-0.25, -0.2) is 9.78 Å². The minimum absolute atomic E-state index is 0.119. The number of hydrogen-bond acceptors (Lipinski definition) is 4. The van der Waals surface area contributed by atoms with Crippen LogP contribution in [-0.2, 0) is 24.4 Å². The van der Waals surface area contributed by atoms with Crippen LogP contribution in [0.5, 0.6) is 0 Å². The number of aromatic nitrogens is 4. The normalized spacial score (nSPS) is 11.1. The summed E-state index contributed by atoms with van der Waals surface area (Å²) in [6, 6.07) is 0. The third-order valence-corrected chi connectivity index (χ3v) is 3.62. The van der Waals surface area contributed by atoms with E-state index in [0.717, 1.165) is 6.42 Å².